The quantitative estimate of drug-likeness (QED) is 0.409. The molecule has 4 amide bonds. The lowest BCUT2D eigenvalue weighted by Gasteiger charge is -2.38. The number of carbonyl (C=O) groups excluding carboxylic acids is 3. The number of imide groups is 2. The van der Waals surface area contributed by atoms with Crippen molar-refractivity contribution in [3.63, 3.8) is 0 Å². The zero-order valence-electron chi connectivity index (χ0n) is 18.8. The zero-order valence-corrected chi connectivity index (χ0v) is 19.5. The van der Waals surface area contributed by atoms with Crippen molar-refractivity contribution in [3.05, 3.63) is 72.1 Å². The van der Waals surface area contributed by atoms with Gasteiger partial charge in [0.25, 0.3) is 11.8 Å². The summed E-state index contributed by atoms with van der Waals surface area (Å²) >= 11 is 5.99. The van der Waals surface area contributed by atoms with Gasteiger partial charge in [0.2, 0.25) is 5.88 Å². The highest BCUT2D eigenvalue weighted by Gasteiger charge is 2.57. The molecule has 11 heteroatoms. The Morgan fingerprint density at radius 2 is 1.67 bits per heavy atom. The highest BCUT2D eigenvalue weighted by Crippen LogP contribution is 2.36. The van der Waals surface area contributed by atoms with Gasteiger partial charge in [0.05, 0.1) is 22.9 Å². The van der Waals surface area contributed by atoms with E-state index in [1.54, 1.807) is 29.6 Å². The largest absolute Gasteiger partial charge is 0.439 e. The number of halogens is 1. The van der Waals surface area contributed by atoms with Gasteiger partial charge in [-0.3, -0.25) is 24.8 Å². The number of urea groups is 1. The molecule has 2 aromatic heterocycles. The maximum Gasteiger partial charge on any atom is 0.328 e. The van der Waals surface area contributed by atoms with E-state index in [9.17, 15) is 14.4 Å². The molecule has 0 aliphatic carbocycles. The fourth-order valence-electron chi connectivity index (χ4n) is 4.76. The molecule has 2 fully saturated rings. The Balaban J connectivity index is 1.22. The van der Waals surface area contributed by atoms with Crippen molar-refractivity contribution in [2.45, 2.75) is 18.4 Å². The first-order valence-corrected chi connectivity index (χ1v) is 11.6. The van der Waals surface area contributed by atoms with Crippen molar-refractivity contribution >= 4 is 46.2 Å². The van der Waals surface area contributed by atoms with E-state index in [-0.39, 0.29) is 0 Å². The second-order valence-electron chi connectivity index (χ2n) is 8.55. The Labute approximate surface area is 209 Å². The number of benzene rings is 2. The average Bonchev–Trinajstić information content (AvgIpc) is 3.49. The fourth-order valence-corrected chi connectivity index (χ4v) is 4.89. The predicted molar refractivity (Wildman–Crippen MR) is 131 cm³/mol. The van der Waals surface area contributed by atoms with Gasteiger partial charge in [-0.1, -0.05) is 11.6 Å². The molecule has 180 valence electrons. The van der Waals surface area contributed by atoms with Crippen LogP contribution in [-0.4, -0.2) is 44.5 Å². The molecule has 2 aromatic carbocycles. The first-order valence-electron chi connectivity index (χ1n) is 11.3. The average molecular weight is 503 g/mol. The predicted octanol–water partition coefficient (Wildman–Crippen LogP) is 3.57. The Hall–Kier alpha value is -4.44. The molecule has 10 nitrogen and oxygen atoms in total. The summed E-state index contributed by atoms with van der Waals surface area (Å²) in [5, 5.41) is 5.08. The molecule has 2 saturated heterocycles. The fraction of sp³-hybridized carbons (Fsp3) is 0.160. The number of nitrogens with one attached hydrogen (secondary N) is 2. The van der Waals surface area contributed by atoms with Crippen LogP contribution in [0.4, 0.5) is 10.5 Å². The normalized spacial score (nSPS) is 16.9. The molecule has 2 aliphatic rings. The second-order valence-corrected chi connectivity index (χ2v) is 8.99. The maximum atomic E-state index is 12.7. The van der Waals surface area contributed by atoms with Gasteiger partial charge in [-0.2, -0.15) is 0 Å². The maximum absolute atomic E-state index is 12.7. The van der Waals surface area contributed by atoms with Gasteiger partial charge in [-0.25, -0.2) is 14.8 Å². The lowest BCUT2D eigenvalue weighted by atomic mass is 9.92. The number of ether oxygens (including phenoxy) is 1. The lowest BCUT2D eigenvalue weighted by Crippen LogP contribution is -2.71. The standard InChI is InChI=1S/C25H19ClN6O4/c26-15-2-4-16(5-3-15)31-14-28-19-12-18(7-8-20(19)31)36-21-9-6-17(13-27-21)32-11-1-10-25(32)22(33)29-24(35)30-23(25)34/h2-9,12-14H,1,10-11H2,(H2,29,30,33,34,35). The Kier molecular flexibility index (Phi) is 5.11. The van der Waals surface area contributed by atoms with Crippen LogP contribution in [0, 0.1) is 0 Å². The number of anilines is 1. The third-order valence-electron chi connectivity index (χ3n) is 6.46. The van der Waals surface area contributed by atoms with Gasteiger partial charge in [-0.15, -0.1) is 0 Å². The minimum Gasteiger partial charge on any atom is -0.439 e. The lowest BCUT2D eigenvalue weighted by molar-refractivity contribution is -0.137. The molecule has 4 aromatic rings. The third kappa shape index (κ3) is 3.54. The summed E-state index contributed by atoms with van der Waals surface area (Å²) in [4.78, 5) is 47.4. The van der Waals surface area contributed by atoms with Crippen LogP contribution in [0.1, 0.15) is 12.8 Å². The van der Waals surface area contributed by atoms with Crippen molar-refractivity contribution in [1.29, 1.82) is 0 Å². The van der Waals surface area contributed by atoms with Crippen LogP contribution in [-0.2, 0) is 9.59 Å². The summed E-state index contributed by atoms with van der Waals surface area (Å²) in [5.74, 6) is -0.344. The number of imidazole rings is 1. The minimum absolute atomic E-state index is 0.304. The van der Waals surface area contributed by atoms with Crippen LogP contribution in [0.15, 0.2) is 67.1 Å². The first kappa shape index (κ1) is 22.1. The number of fused-ring (bicyclic) bond motifs is 1. The SMILES string of the molecule is O=C1NC(=O)C2(CCCN2c2ccc(Oc3ccc4c(c3)ncn4-c3ccc(Cl)cc3)nc2)C(=O)N1. The third-order valence-corrected chi connectivity index (χ3v) is 6.72. The zero-order chi connectivity index (χ0) is 24.9. The summed E-state index contributed by atoms with van der Waals surface area (Å²) in [6, 6.07) is 15.6. The summed E-state index contributed by atoms with van der Waals surface area (Å²) in [7, 11) is 0. The molecule has 6 rings (SSSR count). The van der Waals surface area contributed by atoms with E-state index in [0.29, 0.717) is 41.7 Å². The van der Waals surface area contributed by atoms with Crippen LogP contribution in [0.2, 0.25) is 5.02 Å². The van der Waals surface area contributed by atoms with E-state index in [1.165, 1.54) is 0 Å². The van der Waals surface area contributed by atoms with E-state index in [2.05, 4.69) is 20.6 Å². The summed E-state index contributed by atoms with van der Waals surface area (Å²) < 4.78 is 7.89. The number of amides is 4. The Morgan fingerprint density at radius 3 is 2.39 bits per heavy atom. The van der Waals surface area contributed by atoms with Crippen molar-refractivity contribution < 1.29 is 19.1 Å². The number of nitrogens with zero attached hydrogens (tertiary/aromatic N) is 4. The van der Waals surface area contributed by atoms with Gasteiger partial charge in [-0.05, 0) is 55.3 Å². The molecule has 0 bridgehead atoms. The van der Waals surface area contributed by atoms with Gasteiger partial charge in [0.15, 0.2) is 5.54 Å². The van der Waals surface area contributed by atoms with E-state index >= 15 is 0 Å². The Morgan fingerprint density at radius 1 is 0.917 bits per heavy atom. The van der Waals surface area contributed by atoms with Crippen LogP contribution in [0.25, 0.3) is 16.7 Å². The van der Waals surface area contributed by atoms with Gasteiger partial charge >= 0.3 is 6.03 Å². The number of hydrogen-bond donors (Lipinski definition) is 2. The molecule has 36 heavy (non-hydrogen) atoms. The number of barbiturate groups is 1. The summed E-state index contributed by atoms with van der Waals surface area (Å²) in [6.45, 7) is 0.476. The van der Waals surface area contributed by atoms with Crippen LogP contribution < -0.4 is 20.3 Å². The highest BCUT2D eigenvalue weighted by molar-refractivity contribution is 6.30. The molecule has 0 saturated carbocycles. The topological polar surface area (TPSA) is 118 Å². The van der Waals surface area contributed by atoms with Gasteiger partial charge in [0.1, 0.15) is 12.1 Å². The number of rotatable bonds is 4. The number of carbonyl (C=O) groups is 3. The van der Waals surface area contributed by atoms with E-state index in [1.807, 2.05) is 47.0 Å². The van der Waals surface area contributed by atoms with Crippen molar-refractivity contribution in [3.8, 4) is 17.3 Å². The molecular formula is C25H19ClN6O4. The van der Waals surface area contributed by atoms with Crippen LogP contribution in [0.3, 0.4) is 0 Å². The first-order chi connectivity index (χ1) is 17.4. The number of pyridine rings is 1. The minimum atomic E-state index is -1.47. The molecule has 2 aliphatic heterocycles. The van der Waals surface area contributed by atoms with Crippen molar-refractivity contribution in [2.75, 3.05) is 11.4 Å². The monoisotopic (exact) mass is 502 g/mol. The summed E-state index contributed by atoms with van der Waals surface area (Å²) in [5.41, 5.74) is 1.72. The molecule has 2 N–H and O–H groups in total. The molecular weight excluding hydrogens is 484 g/mol. The summed E-state index contributed by atoms with van der Waals surface area (Å²) in [6.07, 6.45) is 4.21. The van der Waals surface area contributed by atoms with Crippen molar-refractivity contribution in [1.82, 2.24) is 25.2 Å². The van der Waals surface area contributed by atoms with Crippen LogP contribution >= 0.6 is 11.6 Å². The smallest absolute Gasteiger partial charge is 0.328 e. The number of aromatic nitrogens is 3. The number of hydrogen-bond acceptors (Lipinski definition) is 7. The molecule has 4 heterocycles. The van der Waals surface area contributed by atoms with E-state index < -0.39 is 23.4 Å². The second kappa shape index (κ2) is 8.35. The molecule has 0 radical (unpaired) electrons. The van der Waals surface area contributed by atoms with Crippen LogP contribution in [0.5, 0.6) is 11.6 Å². The molecule has 0 unspecified atom stereocenters. The highest BCUT2D eigenvalue weighted by atomic mass is 35.5. The van der Waals surface area contributed by atoms with Gasteiger partial charge in [0, 0.05) is 29.4 Å². The van der Waals surface area contributed by atoms with Crippen molar-refractivity contribution in [2.24, 2.45) is 0 Å². The van der Waals surface area contributed by atoms with E-state index in [4.69, 9.17) is 16.3 Å². The van der Waals surface area contributed by atoms with Gasteiger partial charge < -0.3 is 9.64 Å². The molecule has 0 atom stereocenters. The van der Waals surface area contributed by atoms with E-state index in [0.717, 1.165) is 16.7 Å². The Bertz CT molecular complexity index is 1500. The molecule has 1 spiro atoms.